The van der Waals surface area contributed by atoms with Gasteiger partial charge in [-0.05, 0) is 69.6 Å². The Balaban J connectivity index is 0.00000146. The molecule has 5 heterocycles. The molecule has 0 aromatic heterocycles. The monoisotopic (exact) mass is 357 g/mol. The van der Waals surface area contributed by atoms with Gasteiger partial charge >= 0.3 is 0 Å². The SMILES string of the molecule is C1=C2CCC(=CC3=NC(CC3)C3CCC(=N3)/C=C3/CCC1=N3)N2.[V]. The molecular weight excluding hydrogens is 335 g/mol. The molecule has 24 heavy (non-hydrogen) atoms. The van der Waals surface area contributed by atoms with Crippen LogP contribution in [0.15, 0.2) is 50.3 Å². The third-order valence-corrected chi connectivity index (χ3v) is 5.42. The minimum atomic E-state index is 0. The Morgan fingerprint density at radius 3 is 2.04 bits per heavy atom. The van der Waals surface area contributed by atoms with E-state index >= 15 is 0 Å². The van der Waals surface area contributed by atoms with Crippen molar-refractivity contribution in [3.63, 3.8) is 0 Å². The van der Waals surface area contributed by atoms with Crippen molar-refractivity contribution in [2.45, 2.75) is 63.5 Å². The maximum Gasteiger partial charge on any atom is 0.0730 e. The van der Waals surface area contributed by atoms with Crippen LogP contribution in [-0.2, 0) is 18.6 Å². The largest absolute Gasteiger partial charge is 0.362 e. The Morgan fingerprint density at radius 2 is 1.33 bits per heavy atom. The van der Waals surface area contributed by atoms with Crippen molar-refractivity contribution in [2.24, 2.45) is 15.0 Å². The van der Waals surface area contributed by atoms with Gasteiger partial charge in [0.1, 0.15) is 0 Å². The molecule has 1 saturated heterocycles. The van der Waals surface area contributed by atoms with Gasteiger partial charge in [0.05, 0.1) is 12.1 Å². The number of nitrogens with zero attached hydrogens (tertiary/aromatic N) is 3. The van der Waals surface area contributed by atoms with Crippen LogP contribution in [0.25, 0.3) is 0 Å². The molecule has 5 rings (SSSR count). The molecule has 123 valence electrons. The van der Waals surface area contributed by atoms with Crippen molar-refractivity contribution < 1.29 is 18.6 Å². The van der Waals surface area contributed by atoms with Crippen molar-refractivity contribution >= 4 is 17.1 Å². The summed E-state index contributed by atoms with van der Waals surface area (Å²) in [5.41, 5.74) is 7.53. The first-order valence-electron chi connectivity index (χ1n) is 8.91. The van der Waals surface area contributed by atoms with E-state index in [1.807, 2.05) is 0 Å². The molecular formula is C19H22N4V. The zero-order valence-electron chi connectivity index (χ0n) is 13.8. The van der Waals surface area contributed by atoms with Crippen molar-refractivity contribution in [1.82, 2.24) is 5.32 Å². The third kappa shape index (κ3) is 3.10. The smallest absolute Gasteiger partial charge is 0.0730 e. The number of rotatable bonds is 0. The van der Waals surface area contributed by atoms with Gasteiger partial charge in [0, 0.05) is 52.8 Å². The Hall–Kier alpha value is -1.39. The molecule has 0 aromatic rings. The van der Waals surface area contributed by atoms with E-state index in [9.17, 15) is 0 Å². The van der Waals surface area contributed by atoms with E-state index in [1.54, 1.807) is 0 Å². The van der Waals surface area contributed by atoms with Crippen LogP contribution in [0.1, 0.15) is 51.4 Å². The van der Waals surface area contributed by atoms with Gasteiger partial charge in [-0.15, -0.1) is 0 Å². The molecule has 8 bridgehead atoms. The fraction of sp³-hybridized carbons (Fsp3) is 0.526. The fourth-order valence-corrected chi connectivity index (χ4v) is 4.22. The standard InChI is InChI=1S/C19H22N4.V/c1-3-14-10-16-5-7-18(22-16)19-8-6-17(23-19)11-15-4-2-13(21-15)9-12(1)20-14;/h9-11,18-20H,1-8H2;/b12-9?,14-10?,15-11-;. The van der Waals surface area contributed by atoms with Gasteiger partial charge in [-0.3, -0.25) is 15.0 Å². The van der Waals surface area contributed by atoms with Crippen LogP contribution in [0.4, 0.5) is 0 Å². The summed E-state index contributed by atoms with van der Waals surface area (Å²) >= 11 is 0. The number of aliphatic imine (C=N–C) groups is 3. The van der Waals surface area contributed by atoms with Crippen LogP contribution in [0.3, 0.4) is 0 Å². The number of hydrogen-bond donors (Lipinski definition) is 1. The van der Waals surface area contributed by atoms with E-state index in [4.69, 9.17) is 15.0 Å². The van der Waals surface area contributed by atoms with Gasteiger partial charge in [-0.25, -0.2) is 0 Å². The van der Waals surface area contributed by atoms with Crippen LogP contribution in [-0.4, -0.2) is 29.2 Å². The molecule has 0 amide bonds. The molecule has 1 radical (unpaired) electrons. The summed E-state index contributed by atoms with van der Waals surface area (Å²) in [6, 6.07) is 0.778. The second-order valence-corrected chi connectivity index (χ2v) is 7.16. The second kappa shape index (κ2) is 6.49. The number of fused-ring (bicyclic) bond motifs is 6. The third-order valence-electron chi connectivity index (χ3n) is 5.42. The first kappa shape index (κ1) is 16.1. The molecule has 0 saturated carbocycles. The molecule has 1 fully saturated rings. The average molecular weight is 357 g/mol. The quantitative estimate of drug-likeness (QED) is 0.709. The molecule has 5 aliphatic heterocycles. The summed E-state index contributed by atoms with van der Waals surface area (Å²) < 4.78 is 0. The fourth-order valence-electron chi connectivity index (χ4n) is 4.22. The topological polar surface area (TPSA) is 49.1 Å². The van der Waals surface area contributed by atoms with E-state index < -0.39 is 0 Å². The summed E-state index contributed by atoms with van der Waals surface area (Å²) in [5.74, 6) is 0. The summed E-state index contributed by atoms with van der Waals surface area (Å²) in [7, 11) is 0. The number of hydrogen-bond acceptors (Lipinski definition) is 4. The molecule has 0 aromatic carbocycles. The van der Waals surface area contributed by atoms with Gasteiger partial charge in [-0.2, -0.15) is 0 Å². The normalized spacial score (nSPS) is 32.8. The van der Waals surface area contributed by atoms with Crippen molar-refractivity contribution in [1.29, 1.82) is 0 Å². The van der Waals surface area contributed by atoms with Crippen molar-refractivity contribution in [2.75, 3.05) is 0 Å². The summed E-state index contributed by atoms with van der Waals surface area (Å²) in [6.07, 6.45) is 15.6. The van der Waals surface area contributed by atoms with E-state index in [-0.39, 0.29) is 18.6 Å². The number of allylic oxidation sites excluding steroid dienone is 6. The summed E-state index contributed by atoms with van der Waals surface area (Å²) in [5, 5.41) is 3.57. The zero-order chi connectivity index (χ0) is 15.2. The van der Waals surface area contributed by atoms with Crippen LogP contribution in [0, 0.1) is 0 Å². The zero-order valence-corrected chi connectivity index (χ0v) is 15.2. The van der Waals surface area contributed by atoms with Crippen molar-refractivity contribution in [3.05, 3.63) is 35.3 Å². The minimum absolute atomic E-state index is 0. The molecule has 1 N–H and O–H groups in total. The number of nitrogens with one attached hydrogen (secondary N) is 1. The van der Waals surface area contributed by atoms with Crippen LogP contribution < -0.4 is 5.32 Å². The molecule has 2 atom stereocenters. The Labute approximate surface area is 154 Å². The predicted octanol–water partition coefficient (Wildman–Crippen LogP) is 3.47. The van der Waals surface area contributed by atoms with E-state index in [1.165, 1.54) is 34.2 Å². The van der Waals surface area contributed by atoms with Gasteiger partial charge in [0.2, 0.25) is 0 Å². The van der Waals surface area contributed by atoms with Gasteiger partial charge < -0.3 is 5.32 Å². The van der Waals surface area contributed by atoms with Crippen LogP contribution >= 0.6 is 0 Å². The maximum absolute atomic E-state index is 4.97. The predicted molar refractivity (Wildman–Crippen MR) is 94.2 cm³/mol. The van der Waals surface area contributed by atoms with E-state index in [0.717, 1.165) is 51.4 Å². The van der Waals surface area contributed by atoms with Gasteiger partial charge in [0.15, 0.2) is 0 Å². The van der Waals surface area contributed by atoms with Gasteiger partial charge in [0.25, 0.3) is 0 Å². The molecule has 4 nitrogen and oxygen atoms in total. The molecule has 0 spiro atoms. The second-order valence-electron chi connectivity index (χ2n) is 7.16. The Morgan fingerprint density at radius 1 is 0.708 bits per heavy atom. The van der Waals surface area contributed by atoms with Crippen LogP contribution in [0.5, 0.6) is 0 Å². The first-order chi connectivity index (χ1) is 11.3. The summed E-state index contributed by atoms with van der Waals surface area (Å²) in [6.45, 7) is 0. The van der Waals surface area contributed by atoms with Crippen LogP contribution in [0.2, 0.25) is 0 Å². The molecule has 2 unspecified atom stereocenters. The molecule has 5 aliphatic rings. The summed E-state index contributed by atoms with van der Waals surface area (Å²) in [4.78, 5) is 14.7. The maximum atomic E-state index is 4.97. The van der Waals surface area contributed by atoms with Crippen molar-refractivity contribution in [3.8, 4) is 0 Å². The Kier molecular flexibility index (Phi) is 4.36. The molecule has 0 aliphatic carbocycles. The van der Waals surface area contributed by atoms with Gasteiger partial charge in [-0.1, -0.05) is 0 Å². The Bertz CT molecular complexity index is 738. The van der Waals surface area contributed by atoms with E-state index in [0.29, 0.717) is 12.1 Å². The first-order valence-corrected chi connectivity index (χ1v) is 8.91. The average Bonchev–Trinajstić information content (AvgIpc) is 3.28. The molecule has 5 heteroatoms. The minimum Gasteiger partial charge on any atom is -0.362 e. The van der Waals surface area contributed by atoms with E-state index in [2.05, 4.69) is 23.5 Å².